The van der Waals surface area contributed by atoms with Gasteiger partial charge in [0.1, 0.15) is 5.60 Å². The van der Waals surface area contributed by atoms with E-state index in [0.29, 0.717) is 19.8 Å². The molecule has 14 heavy (non-hydrogen) atoms. The van der Waals surface area contributed by atoms with Crippen LogP contribution in [0.2, 0.25) is 0 Å². The third kappa shape index (κ3) is 1.67. The van der Waals surface area contributed by atoms with Crippen LogP contribution in [0.1, 0.15) is 12.8 Å². The zero-order valence-electron chi connectivity index (χ0n) is 8.57. The fourth-order valence-electron chi connectivity index (χ4n) is 2.31. The molecule has 2 aliphatic rings. The van der Waals surface area contributed by atoms with E-state index in [-0.39, 0.29) is 5.92 Å². The van der Waals surface area contributed by atoms with Crippen molar-refractivity contribution in [3.05, 3.63) is 0 Å². The van der Waals surface area contributed by atoms with Gasteiger partial charge in [-0.25, -0.2) is 0 Å². The van der Waals surface area contributed by atoms with E-state index >= 15 is 0 Å². The molecule has 2 heterocycles. The Kier molecular flexibility index (Phi) is 3.07. The SMILES string of the molecule is COC1(C(O)C2CCOC2)CCOC1. The fraction of sp³-hybridized carbons (Fsp3) is 1.00. The molecular formula is C10H18O4. The molecule has 2 saturated heterocycles. The van der Waals surface area contributed by atoms with Crippen molar-refractivity contribution in [2.75, 3.05) is 33.5 Å². The van der Waals surface area contributed by atoms with Crippen molar-refractivity contribution >= 4 is 0 Å². The molecule has 1 N–H and O–H groups in total. The first-order valence-corrected chi connectivity index (χ1v) is 5.17. The van der Waals surface area contributed by atoms with Crippen molar-refractivity contribution in [2.24, 2.45) is 5.92 Å². The lowest BCUT2D eigenvalue weighted by Crippen LogP contribution is -2.49. The molecule has 0 amide bonds. The number of aliphatic hydroxyl groups is 1. The molecule has 0 aromatic heterocycles. The Morgan fingerprint density at radius 1 is 1.43 bits per heavy atom. The molecule has 4 heteroatoms. The van der Waals surface area contributed by atoms with Crippen molar-refractivity contribution in [1.82, 2.24) is 0 Å². The smallest absolute Gasteiger partial charge is 0.119 e. The summed E-state index contributed by atoms with van der Waals surface area (Å²) in [5.74, 6) is 0.205. The van der Waals surface area contributed by atoms with Gasteiger partial charge in [0.05, 0.1) is 19.3 Å². The lowest BCUT2D eigenvalue weighted by molar-refractivity contribution is -0.124. The molecule has 0 aromatic carbocycles. The van der Waals surface area contributed by atoms with Crippen LogP contribution in [0.25, 0.3) is 0 Å². The van der Waals surface area contributed by atoms with Crippen LogP contribution >= 0.6 is 0 Å². The molecule has 82 valence electrons. The first-order chi connectivity index (χ1) is 6.78. The molecule has 2 rings (SSSR count). The van der Waals surface area contributed by atoms with Gasteiger partial charge in [-0.1, -0.05) is 0 Å². The molecule has 0 bridgehead atoms. The molecule has 4 nitrogen and oxygen atoms in total. The Labute approximate surface area is 84.1 Å². The molecule has 3 atom stereocenters. The van der Waals surface area contributed by atoms with Gasteiger partial charge in [-0.15, -0.1) is 0 Å². The molecule has 2 fully saturated rings. The summed E-state index contributed by atoms with van der Waals surface area (Å²) in [4.78, 5) is 0. The van der Waals surface area contributed by atoms with E-state index in [1.165, 1.54) is 0 Å². The van der Waals surface area contributed by atoms with Gasteiger partial charge in [0.2, 0.25) is 0 Å². The number of methoxy groups -OCH3 is 1. The highest BCUT2D eigenvalue weighted by atomic mass is 16.6. The summed E-state index contributed by atoms with van der Waals surface area (Å²) in [6.45, 7) is 2.58. The molecule has 2 aliphatic heterocycles. The number of aliphatic hydroxyl groups excluding tert-OH is 1. The van der Waals surface area contributed by atoms with Crippen LogP contribution in [0.5, 0.6) is 0 Å². The lowest BCUT2D eigenvalue weighted by Gasteiger charge is -2.34. The predicted molar refractivity (Wildman–Crippen MR) is 50.1 cm³/mol. The minimum atomic E-state index is -0.488. The van der Waals surface area contributed by atoms with Gasteiger partial charge in [0.25, 0.3) is 0 Å². The summed E-state index contributed by atoms with van der Waals surface area (Å²) >= 11 is 0. The second kappa shape index (κ2) is 4.14. The van der Waals surface area contributed by atoms with Crippen molar-refractivity contribution in [1.29, 1.82) is 0 Å². The van der Waals surface area contributed by atoms with E-state index in [2.05, 4.69) is 0 Å². The molecular weight excluding hydrogens is 184 g/mol. The minimum Gasteiger partial charge on any atom is -0.390 e. The molecule has 0 spiro atoms. The maximum absolute atomic E-state index is 10.2. The highest BCUT2D eigenvalue weighted by Crippen LogP contribution is 2.33. The Morgan fingerprint density at radius 3 is 2.79 bits per heavy atom. The minimum absolute atomic E-state index is 0.205. The van der Waals surface area contributed by atoms with E-state index in [4.69, 9.17) is 14.2 Å². The predicted octanol–water partition coefficient (Wildman–Crippen LogP) is 0.189. The van der Waals surface area contributed by atoms with Crippen LogP contribution in [-0.2, 0) is 14.2 Å². The third-order valence-electron chi connectivity index (χ3n) is 3.37. The van der Waals surface area contributed by atoms with E-state index in [0.717, 1.165) is 19.4 Å². The summed E-state index contributed by atoms with van der Waals surface area (Å²) < 4.78 is 16.0. The Balaban J connectivity index is 2.02. The monoisotopic (exact) mass is 202 g/mol. The van der Waals surface area contributed by atoms with Crippen molar-refractivity contribution in [3.63, 3.8) is 0 Å². The molecule has 0 aromatic rings. The highest BCUT2D eigenvalue weighted by Gasteiger charge is 2.46. The van der Waals surface area contributed by atoms with Crippen molar-refractivity contribution < 1.29 is 19.3 Å². The zero-order valence-corrected chi connectivity index (χ0v) is 8.57. The van der Waals surface area contributed by atoms with E-state index in [1.807, 2.05) is 0 Å². The number of rotatable bonds is 3. The van der Waals surface area contributed by atoms with Crippen LogP contribution in [-0.4, -0.2) is 50.3 Å². The van der Waals surface area contributed by atoms with Gasteiger partial charge >= 0.3 is 0 Å². The van der Waals surface area contributed by atoms with Crippen LogP contribution in [0.15, 0.2) is 0 Å². The lowest BCUT2D eigenvalue weighted by atomic mass is 9.85. The molecule has 3 unspecified atom stereocenters. The Bertz CT molecular complexity index is 183. The van der Waals surface area contributed by atoms with Crippen LogP contribution < -0.4 is 0 Å². The van der Waals surface area contributed by atoms with Gasteiger partial charge in [-0.2, -0.15) is 0 Å². The summed E-state index contributed by atoms with van der Waals surface area (Å²) in [7, 11) is 1.65. The van der Waals surface area contributed by atoms with E-state index < -0.39 is 11.7 Å². The summed E-state index contributed by atoms with van der Waals surface area (Å²) in [6, 6.07) is 0. The largest absolute Gasteiger partial charge is 0.390 e. The van der Waals surface area contributed by atoms with E-state index in [9.17, 15) is 5.11 Å². The quantitative estimate of drug-likeness (QED) is 0.709. The summed E-state index contributed by atoms with van der Waals surface area (Å²) in [5, 5.41) is 10.2. The first-order valence-electron chi connectivity index (χ1n) is 5.17. The normalized spacial score (nSPS) is 40.3. The van der Waals surface area contributed by atoms with Gasteiger partial charge in [-0.05, 0) is 6.42 Å². The summed E-state index contributed by atoms with van der Waals surface area (Å²) in [6.07, 6.45) is 1.24. The standard InChI is InChI=1S/C10H18O4/c1-12-10(3-5-14-7-10)9(11)8-2-4-13-6-8/h8-9,11H,2-7H2,1H3. The summed E-state index contributed by atoms with van der Waals surface area (Å²) in [5.41, 5.74) is -0.488. The van der Waals surface area contributed by atoms with Gasteiger partial charge < -0.3 is 19.3 Å². The third-order valence-corrected chi connectivity index (χ3v) is 3.37. The number of hydrogen-bond donors (Lipinski definition) is 1. The van der Waals surface area contributed by atoms with Gasteiger partial charge in [0, 0.05) is 32.7 Å². The average Bonchev–Trinajstić information content (AvgIpc) is 2.89. The fourth-order valence-corrected chi connectivity index (χ4v) is 2.31. The maximum atomic E-state index is 10.2. The second-order valence-corrected chi connectivity index (χ2v) is 4.14. The van der Waals surface area contributed by atoms with Crippen LogP contribution in [0.3, 0.4) is 0 Å². The Hall–Kier alpha value is -0.160. The molecule has 0 radical (unpaired) electrons. The van der Waals surface area contributed by atoms with Gasteiger partial charge in [-0.3, -0.25) is 0 Å². The van der Waals surface area contributed by atoms with E-state index in [1.54, 1.807) is 7.11 Å². The first kappa shape index (κ1) is 10.4. The zero-order chi connectivity index (χ0) is 10.0. The van der Waals surface area contributed by atoms with Crippen molar-refractivity contribution in [2.45, 2.75) is 24.5 Å². The van der Waals surface area contributed by atoms with Crippen molar-refractivity contribution in [3.8, 4) is 0 Å². The Morgan fingerprint density at radius 2 is 2.29 bits per heavy atom. The van der Waals surface area contributed by atoms with Gasteiger partial charge in [0.15, 0.2) is 0 Å². The molecule has 0 saturated carbocycles. The maximum Gasteiger partial charge on any atom is 0.119 e. The van der Waals surface area contributed by atoms with Crippen LogP contribution in [0, 0.1) is 5.92 Å². The molecule has 0 aliphatic carbocycles. The van der Waals surface area contributed by atoms with Crippen LogP contribution in [0.4, 0.5) is 0 Å². The average molecular weight is 202 g/mol. The topological polar surface area (TPSA) is 47.9 Å². The number of hydrogen-bond acceptors (Lipinski definition) is 4. The second-order valence-electron chi connectivity index (χ2n) is 4.14. The highest BCUT2D eigenvalue weighted by molar-refractivity contribution is 4.95. The number of ether oxygens (including phenoxy) is 3.